The number of ether oxygens (including phenoxy) is 2. The van der Waals surface area contributed by atoms with Crippen LogP contribution < -0.4 is 5.32 Å². The van der Waals surface area contributed by atoms with Crippen molar-refractivity contribution in [1.82, 2.24) is 4.98 Å². The van der Waals surface area contributed by atoms with E-state index in [0.29, 0.717) is 28.9 Å². The third kappa shape index (κ3) is 5.67. The van der Waals surface area contributed by atoms with Crippen LogP contribution >= 0.6 is 11.3 Å². The van der Waals surface area contributed by atoms with Crippen molar-refractivity contribution in [3.05, 3.63) is 17.2 Å². The van der Waals surface area contributed by atoms with Crippen LogP contribution in [0.4, 0.5) is 9.93 Å². The van der Waals surface area contributed by atoms with Crippen molar-refractivity contribution in [2.45, 2.75) is 46.1 Å². The first-order valence-corrected chi connectivity index (χ1v) is 8.51. The van der Waals surface area contributed by atoms with Gasteiger partial charge < -0.3 is 9.47 Å². The van der Waals surface area contributed by atoms with Crippen LogP contribution in [0.25, 0.3) is 5.57 Å². The second kappa shape index (κ2) is 7.12. The Labute approximate surface area is 139 Å². The Morgan fingerprint density at radius 2 is 2.13 bits per heavy atom. The zero-order valence-electron chi connectivity index (χ0n) is 13.8. The lowest BCUT2D eigenvalue weighted by atomic mass is 10.1. The summed E-state index contributed by atoms with van der Waals surface area (Å²) in [5.41, 5.74) is 0.404. The Hall–Kier alpha value is -1.89. The normalized spacial score (nSPS) is 15.2. The molecule has 1 aliphatic rings. The lowest BCUT2D eigenvalue weighted by Gasteiger charge is -2.18. The minimum Gasteiger partial charge on any atom is -0.462 e. The minimum absolute atomic E-state index is 0.313. The van der Waals surface area contributed by atoms with Crippen LogP contribution in [0.2, 0.25) is 0 Å². The van der Waals surface area contributed by atoms with Crippen LogP contribution in [0.5, 0.6) is 0 Å². The van der Waals surface area contributed by atoms with E-state index in [9.17, 15) is 9.59 Å². The summed E-state index contributed by atoms with van der Waals surface area (Å²) in [4.78, 5) is 28.1. The molecule has 7 heteroatoms. The van der Waals surface area contributed by atoms with Crippen molar-refractivity contribution in [3.63, 3.8) is 0 Å². The molecule has 0 aliphatic heterocycles. The molecule has 126 valence electrons. The van der Waals surface area contributed by atoms with E-state index in [1.807, 2.05) is 6.08 Å². The van der Waals surface area contributed by atoms with Gasteiger partial charge >= 0.3 is 12.1 Å². The molecule has 1 amide bonds. The molecule has 0 aromatic carbocycles. The molecule has 6 nitrogen and oxygen atoms in total. The monoisotopic (exact) mass is 338 g/mol. The van der Waals surface area contributed by atoms with E-state index >= 15 is 0 Å². The lowest BCUT2D eigenvalue weighted by molar-refractivity contribution is -0.136. The number of hydrogen-bond acceptors (Lipinski definition) is 6. The van der Waals surface area contributed by atoms with Crippen LogP contribution in [-0.2, 0) is 14.3 Å². The predicted molar refractivity (Wildman–Crippen MR) is 89.3 cm³/mol. The van der Waals surface area contributed by atoms with Crippen molar-refractivity contribution < 1.29 is 19.1 Å². The number of anilines is 1. The van der Waals surface area contributed by atoms with Crippen molar-refractivity contribution in [2.75, 3.05) is 11.9 Å². The third-order valence-corrected chi connectivity index (χ3v) is 3.67. The van der Waals surface area contributed by atoms with Crippen molar-refractivity contribution in [3.8, 4) is 0 Å². The van der Waals surface area contributed by atoms with Crippen molar-refractivity contribution in [1.29, 1.82) is 0 Å². The van der Waals surface area contributed by atoms with Gasteiger partial charge in [-0.05, 0) is 46.5 Å². The van der Waals surface area contributed by atoms with Gasteiger partial charge in [0.15, 0.2) is 5.13 Å². The second-order valence-corrected chi connectivity index (χ2v) is 7.16. The Morgan fingerprint density at radius 3 is 2.70 bits per heavy atom. The molecule has 1 aromatic heterocycles. The van der Waals surface area contributed by atoms with Crippen LogP contribution in [0, 0.1) is 5.92 Å². The molecular formula is C16H22N2O4S. The summed E-state index contributed by atoms with van der Waals surface area (Å²) in [6, 6.07) is 0. The predicted octanol–water partition coefficient (Wildman–Crippen LogP) is 3.85. The summed E-state index contributed by atoms with van der Waals surface area (Å²) in [7, 11) is 0. The molecule has 2 rings (SSSR count). The van der Waals surface area contributed by atoms with Gasteiger partial charge in [0.05, 0.1) is 17.9 Å². The van der Waals surface area contributed by atoms with Gasteiger partial charge in [0.25, 0.3) is 0 Å². The van der Waals surface area contributed by atoms with Crippen LogP contribution in [0.1, 0.15) is 46.2 Å². The fraction of sp³-hybridized carbons (Fsp3) is 0.562. The van der Waals surface area contributed by atoms with E-state index in [1.54, 1.807) is 33.1 Å². The molecule has 1 heterocycles. The van der Waals surface area contributed by atoms with E-state index < -0.39 is 11.7 Å². The standard InChI is InChI=1S/C16H22N2O4S/c1-5-21-13(19)11(8-10-6-7-10)12-9-23-14(17-12)18-15(20)22-16(2,3)4/h8-10H,5-7H2,1-4H3,(H,17,18,20)/b11-8+. The molecule has 1 aliphatic carbocycles. The number of aromatic nitrogens is 1. The Balaban J connectivity index is 2.09. The molecule has 1 aromatic rings. The van der Waals surface area contributed by atoms with E-state index in [4.69, 9.17) is 9.47 Å². The SMILES string of the molecule is CCOC(=O)/C(=C/C1CC1)c1csc(NC(=O)OC(C)(C)C)n1. The number of nitrogens with zero attached hydrogens (tertiary/aromatic N) is 1. The number of carbonyl (C=O) groups excluding carboxylic acids is 2. The van der Waals surface area contributed by atoms with Gasteiger partial charge in [-0.15, -0.1) is 11.3 Å². The highest BCUT2D eigenvalue weighted by Crippen LogP contribution is 2.34. The Kier molecular flexibility index (Phi) is 5.41. The summed E-state index contributed by atoms with van der Waals surface area (Å²) in [5.74, 6) is 0.0342. The fourth-order valence-electron chi connectivity index (χ4n) is 1.81. The molecule has 23 heavy (non-hydrogen) atoms. The van der Waals surface area contributed by atoms with Gasteiger partial charge in [0, 0.05) is 5.38 Å². The maximum atomic E-state index is 12.1. The van der Waals surface area contributed by atoms with Gasteiger partial charge in [-0.3, -0.25) is 5.32 Å². The first-order valence-electron chi connectivity index (χ1n) is 7.63. The average molecular weight is 338 g/mol. The summed E-state index contributed by atoms with van der Waals surface area (Å²) in [5, 5.41) is 4.70. The molecule has 1 fully saturated rings. The number of carbonyl (C=O) groups is 2. The second-order valence-electron chi connectivity index (χ2n) is 6.30. The molecule has 0 radical (unpaired) electrons. The summed E-state index contributed by atoms with van der Waals surface area (Å²) < 4.78 is 10.3. The maximum Gasteiger partial charge on any atom is 0.413 e. The molecule has 0 bridgehead atoms. The number of allylic oxidation sites excluding steroid dienone is 1. The van der Waals surface area contributed by atoms with Gasteiger partial charge in [0.1, 0.15) is 5.60 Å². The number of rotatable bonds is 5. The topological polar surface area (TPSA) is 77.5 Å². The van der Waals surface area contributed by atoms with Gasteiger partial charge in [-0.2, -0.15) is 0 Å². The Bertz CT molecular complexity index is 612. The average Bonchev–Trinajstić information content (AvgIpc) is 3.13. The molecular weight excluding hydrogens is 316 g/mol. The molecule has 0 unspecified atom stereocenters. The highest BCUT2D eigenvalue weighted by molar-refractivity contribution is 7.14. The fourth-order valence-corrected chi connectivity index (χ4v) is 2.51. The first-order chi connectivity index (χ1) is 10.8. The van der Waals surface area contributed by atoms with Crippen molar-refractivity contribution in [2.24, 2.45) is 5.92 Å². The van der Waals surface area contributed by atoms with Crippen LogP contribution in [0.15, 0.2) is 11.5 Å². The molecule has 1 saturated carbocycles. The van der Waals surface area contributed by atoms with E-state index in [1.165, 1.54) is 11.3 Å². The largest absolute Gasteiger partial charge is 0.462 e. The van der Waals surface area contributed by atoms with Crippen molar-refractivity contribution >= 4 is 34.1 Å². The number of hydrogen-bond donors (Lipinski definition) is 1. The number of esters is 1. The quantitative estimate of drug-likeness (QED) is 0.652. The summed E-state index contributed by atoms with van der Waals surface area (Å²) in [6.07, 6.45) is 3.50. The van der Waals surface area contributed by atoms with E-state index in [2.05, 4.69) is 10.3 Å². The maximum absolute atomic E-state index is 12.1. The van der Waals surface area contributed by atoms with E-state index in [0.717, 1.165) is 12.8 Å². The zero-order valence-corrected chi connectivity index (χ0v) is 14.7. The molecule has 1 N–H and O–H groups in total. The Morgan fingerprint density at radius 1 is 1.43 bits per heavy atom. The van der Waals surface area contributed by atoms with E-state index in [-0.39, 0.29) is 5.97 Å². The van der Waals surface area contributed by atoms with Crippen LogP contribution in [0.3, 0.4) is 0 Å². The first kappa shape index (κ1) is 17.5. The molecule has 0 saturated heterocycles. The smallest absolute Gasteiger partial charge is 0.413 e. The lowest BCUT2D eigenvalue weighted by Crippen LogP contribution is -2.27. The number of amides is 1. The van der Waals surface area contributed by atoms with Gasteiger partial charge in [0.2, 0.25) is 0 Å². The van der Waals surface area contributed by atoms with Gasteiger partial charge in [-0.1, -0.05) is 6.08 Å². The minimum atomic E-state index is -0.577. The third-order valence-electron chi connectivity index (χ3n) is 2.91. The molecule has 0 spiro atoms. The number of nitrogens with one attached hydrogen (secondary N) is 1. The highest BCUT2D eigenvalue weighted by atomic mass is 32.1. The molecule has 0 atom stereocenters. The summed E-state index contributed by atoms with van der Waals surface area (Å²) in [6.45, 7) is 7.45. The van der Waals surface area contributed by atoms with Gasteiger partial charge in [-0.25, -0.2) is 14.6 Å². The van der Waals surface area contributed by atoms with Crippen LogP contribution in [-0.4, -0.2) is 29.3 Å². The summed E-state index contributed by atoms with van der Waals surface area (Å²) >= 11 is 1.24. The number of thiazole rings is 1. The highest BCUT2D eigenvalue weighted by Gasteiger charge is 2.25. The zero-order chi connectivity index (χ0) is 17.0.